The van der Waals surface area contributed by atoms with Crippen LogP contribution in [-0.2, 0) is 0 Å². The molecule has 0 aromatic carbocycles. The Kier molecular flexibility index (Phi) is 0.979. The molecule has 6 heavy (non-hydrogen) atoms. The van der Waals surface area contributed by atoms with Crippen LogP contribution < -0.4 is 4.87 Å². The summed E-state index contributed by atoms with van der Waals surface area (Å²) in [5.74, 6) is 0. The van der Waals surface area contributed by atoms with Gasteiger partial charge in [-0.05, 0) is 10.3 Å². The topological polar surface area (TPSA) is 30.0 Å². The van der Waals surface area contributed by atoms with E-state index in [1.165, 1.54) is 15.9 Å². The van der Waals surface area contributed by atoms with E-state index in [0.717, 1.165) is 10.3 Å². The highest BCUT2D eigenvalue weighted by Gasteiger charge is 1.76. The van der Waals surface area contributed by atoms with Gasteiger partial charge in [0.1, 0.15) is 0 Å². The fourth-order valence-electron chi connectivity index (χ4n) is 0.149. The summed E-state index contributed by atoms with van der Waals surface area (Å²) in [5.41, 5.74) is 1.53. The molecule has 0 N–H and O–H groups in total. The average molecular weight is 119 g/mol. The molecule has 0 fully saturated rings. The Morgan fingerprint density at radius 1 is 1.83 bits per heavy atom. The standard InChI is InChI=1S/C2HNOS2/c4-2-3-1-5-6-2/h1H. The molecule has 0 aliphatic rings. The van der Waals surface area contributed by atoms with Crippen LogP contribution in [0.4, 0.5) is 0 Å². The van der Waals surface area contributed by atoms with Crippen LogP contribution in [0.2, 0.25) is 0 Å². The van der Waals surface area contributed by atoms with Gasteiger partial charge in [-0.25, -0.2) is 0 Å². The van der Waals surface area contributed by atoms with E-state index < -0.39 is 0 Å². The Balaban J connectivity index is 3.41. The van der Waals surface area contributed by atoms with Crippen LogP contribution >= 0.6 is 20.7 Å². The highest BCUT2D eigenvalue weighted by molar-refractivity contribution is 7.67. The van der Waals surface area contributed by atoms with Crippen molar-refractivity contribution in [1.82, 2.24) is 4.98 Å². The van der Waals surface area contributed by atoms with Crippen LogP contribution in [0, 0.1) is 0 Å². The lowest BCUT2D eigenvalue weighted by Crippen LogP contribution is -1.87. The second kappa shape index (κ2) is 1.49. The SMILES string of the molecule is O=c1ncss1. The molecule has 1 heterocycles. The fraction of sp³-hybridized carbons (Fsp3) is 0. The van der Waals surface area contributed by atoms with Crippen molar-refractivity contribution in [2.24, 2.45) is 0 Å². The minimum Gasteiger partial charge on any atom is -0.254 e. The third-order valence-electron chi connectivity index (χ3n) is 0.321. The first kappa shape index (κ1) is 3.95. The lowest BCUT2D eigenvalue weighted by Gasteiger charge is -1.42. The fourth-order valence-corrected chi connectivity index (χ4v) is 1.21. The maximum Gasteiger partial charge on any atom is 0.336 e. The molecule has 0 aliphatic carbocycles. The molecule has 1 rings (SSSR count). The van der Waals surface area contributed by atoms with Crippen LogP contribution in [0.25, 0.3) is 0 Å². The third-order valence-corrected chi connectivity index (χ3v) is 1.83. The Morgan fingerprint density at radius 3 is 2.83 bits per heavy atom. The molecule has 0 aliphatic heterocycles. The molecule has 0 atom stereocenters. The van der Waals surface area contributed by atoms with E-state index in [0.29, 0.717) is 0 Å². The van der Waals surface area contributed by atoms with Crippen molar-refractivity contribution in [3.05, 3.63) is 15.2 Å². The average Bonchev–Trinajstić information content (AvgIpc) is 1.86. The van der Waals surface area contributed by atoms with Crippen LogP contribution in [0.1, 0.15) is 0 Å². The first-order valence-electron chi connectivity index (χ1n) is 1.29. The number of hydrogen-bond donors (Lipinski definition) is 0. The van der Waals surface area contributed by atoms with Gasteiger partial charge < -0.3 is 0 Å². The van der Waals surface area contributed by atoms with Gasteiger partial charge in [0.2, 0.25) is 0 Å². The van der Waals surface area contributed by atoms with E-state index in [2.05, 4.69) is 4.98 Å². The van der Waals surface area contributed by atoms with E-state index in [1.807, 2.05) is 0 Å². The molecule has 0 unspecified atom stereocenters. The van der Waals surface area contributed by atoms with Crippen LogP contribution in [0.3, 0.4) is 0 Å². The Labute approximate surface area is 41.5 Å². The van der Waals surface area contributed by atoms with Crippen LogP contribution in [0.15, 0.2) is 10.3 Å². The van der Waals surface area contributed by atoms with Gasteiger partial charge in [-0.2, -0.15) is 4.98 Å². The second-order valence-corrected chi connectivity index (χ2v) is 2.68. The first-order valence-corrected chi connectivity index (χ1v) is 3.51. The van der Waals surface area contributed by atoms with Crippen molar-refractivity contribution < 1.29 is 0 Å². The minimum atomic E-state index is -0.0972. The Morgan fingerprint density at radius 2 is 2.67 bits per heavy atom. The Bertz CT molecular complexity index is 149. The normalized spacial score (nSPS) is 8.67. The highest BCUT2D eigenvalue weighted by Crippen LogP contribution is 1.91. The van der Waals surface area contributed by atoms with Crippen LogP contribution in [-0.4, -0.2) is 4.98 Å². The van der Waals surface area contributed by atoms with E-state index >= 15 is 0 Å². The number of aromatic nitrogens is 1. The van der Waals surface area contributed by atoms with Gasteiger partial charge in [-0.1, -0.05) is 10.3 Å². The van der Waals surface area contributed by atoms with Crippen LogP contribution in [0.5, 0.6) is 0 Å². The van der Waals surface area contributed by atoms with Crippen molar-refractivity contribution >= 4 is 20.7 Å². The molecule has 0 bridgehead atoms. The van der Waals surface area contributed by atoms with Gasteiger partial charge in [0.25, 0.3) is 0 Å². The quantitative estimate of drug-likeness (QED) is 0.467. The summed E-state index contributed by atoms with van der Waals surface area (Å²) in [6.07, 6.45) is 0. The molecule has 2 nitrogen and oxygen atoms in total. The summed E-state index contributed by atoms with van der Waals surface area (Å²) in [7, 11) is 2.51. The molecule has 1 aromatic rings. The van der Waals surface area contributed by atoms with E-state index in [9.17, 15) is 4.79 Å². The van der Waals surface area contributed by atoms with Gasteiger partial charge >= 0.3 is 4.87 Å². The summed E-state index contributed by atoms with van der Waals surface area (Å²) < 4.78 is 0. The smallest absolute Gasteiger partial charge is 0.254 e. The number of hydrogen-bond acceptors (Lipinski definition) is 4. The molecule has 0 radical (unpaired) electrons. The van der Waals surface area contributed by atoms with Crippen molar-refractivity contribution in [1.29, 1.82) is 0 Å². The molecule has 1 aromatic heterocycles. The van der Waals surface area contributed by atoms with Crippen molar-refractivity contribution in [3.8, 4) is 0 Å². The third kappa shape index (κ3) is 0.636. The maximum atomic E-state index is 9.99. The first-order chi connectivity index (χ1) is 2.89. The molecule has 0 spiro atoms. The zero-order chi connectivity index (χ0) is 4.41. The molecule has 4 heteroatoms. The Hall–Kier alpha value is -0.220. The van der Waals surface area contributed by atoms with Gasteiger partial charge in [0.15, 0.2) is 0 Å². The lowest BCUT2D eigenvalue weighted by atomic mass is 11.4. The molecular weight excluding hydrogens is 118 g/mol. The van der Waals surface area contributed by atoms with Crippen molar-refractivity contribution in [3.63, 3.8) is 0 Å². The maximum absolute atomic E-state index is 9.99. The summed E-state index contributed by atoms with van der Waals surface area (Å²) in [6, 6.07) is 0. The molecule has 0 amide bonds. The lowest BCUT2D eigenvalue weighted by molar-refractivity contribution is 1.36. The highest BCUT2D eigenvalue weighted by atomic mass is 32.9. The van der Waals surface area contributed by atoms with Crippen molar-refractivity contribution in [2.75, 3.05) is 0 Å². The molecule has 0 saturated carbocycles. The summed E-state index contributed by atoms with van der Waals surface area (Å²) >= 11 is 0. The molecule has 32 valence electrons. The number of nitrogens with zero attached hydrogens (tertiary/aromatic N) is 1. The summed E-state index contributed by atoms with van der Waals surface area (Å²) in [4.78, 5) is 13.3. The van der Waals surface area contributed by atoms with E-state index in [-0.39, 0.29) is 4.87 Å². The minimum absolute atomic E-state index is 0.0972. The van der Waals surface area contributed by atoms with Crippen molar-refractivity contribution in [2.45, 2.75) is 0 Å². The monoisotopic (exact) mass is 119 g/mol. The molecular formula is C2HNOS2. The van der Waals surface area contributed by atoms with Gasteiger partial charge in [-0.15, -0.1) is 0 Å². The van der Waals surface area contributed by atoms with E-state index in [4.69, 9.17) is 0 Å². The van der Waals surface area contributed by atoms with Gasteiger partial charge in [-0.3, -0.25) is 4.79 Å². The van der Waals surface area contributed by atoms with Gasteiger partial charge in [0, 0.05) is 0 Å². The largest absolute Gasteiger partial charge is 0.336 e. The molecule has 0 saturated heterocycles. The zero-order valence-corrected chi connectivity index (χ0v) is 4.38. The predicted octanol–water partition coefficient (Wildman–Crippen LogP) is 0.565. The zero-order valence-electron chi connectivity index (χ0n) is 2.75. The summed E-state index contributed by atoms with van der Waals surface area (Å²) in [6.45, 7) is 0. The number of rotatable bonds is 0. The predicted molar refractivity (Wildman–Crippen MR) is 26.3 cm³/mol. The van der Waals surface area contributed by atoms with Gasteiger partial charge in [0.05, 0.1) is 5.51 Å². The summed E-state index contributed by atoms with van der Waals surface area (Å²) in [5, 5.41) is 0. The second-order valence-electron chi connectivity index (χ2n) is 0.680. The van der Waals surface area contributed by atoms with E-state index in [1.54, 1.807) is 0 Å².